The summed E-state index contributed by atoms with van der Waals surface area (Å²) in [4.78, 5) is 11.7. The summed E-state index contributed by atoms with van der Waals surface area (Å²) in [5.74, 6) is -1.91. The minimum atomic E-state index is -4.34. The van der Waals surface area contributed by atoms with Crippen molar-refractivity contribution >= 4 is 18.0 Å². The molecule has 1 aromatic carbocycles. The molecule has 0 bridgehead atoms. The fourth-order valence-corrected chi connectivity index (χ4v) is 2.23. The number of hydrogen-bond donors (Lipinski definition) is 0. The molecular weight excluding hydrogens is 301 g/mol. The van der Waals surface area contributed by atoms with E-state index in [0.717, 1.165) is 12.0 Å². The predicted octanol–water partition coefficient (Wildman–Crippen LogP) is 4.74. The highest BCUT2D eigenvalue weighted by Gasteiger charge is 2.29. The molecule has 0 aromatic heterocycles. The molecule has 0 radical (unpaired) electrons. The van der Waals surface area contributed by atoms with Gasteiger partial charge < -0.3 is 4.18 Å². The quantitative estimate of drug-likeness (QED) is 0.708. The van der Waals surface area contributed by atoms with Gasteiger partial charge in [0.25, 0.3) is 0 Å². The Hall–Kier alpha value is -1.17. The highest BCUT2D eigenvalue weighted by atomic mass is 32.2. The Kier molecular flexibility index (Phi) is 6.58. The second-order valence-corrected chi connectivity index (χ2v) is 6.03. The summed E-state index contributed by atoms with van der Waals surface area (Å²) in [5, 5.41) is 0. The Labute approximate surface area is 127 Å². The maximum atomic E-state index is 12.0. The van der Waals surface area contributed by atoms with Gasteiger partial charge in [-0.2, -0.15) is 13.2 Å². The lowest BCUT2D eigenvalue weighted by molar-refractivity contribution is -0.134. The molecule has 0 saturated heterocycles. The van der Waals surface area contributed by atoms with Crippen molar-refractivity contribution < 1.29 is 22.1 Å². The van der Waals surface area contributed by atoms with E-state index in [2.05, 4.69) is 18.0 Å². The van der Waals surface area contributed by atoms with Gasteiger partial charge in [-0.15, -0.1) is 0 Å². The molecule has 1 atom stereocenters. The highest BCUT2D eigenvalue weighted by Crippen LogP contribution is 2.25. The van der Waals surface area contributed by atoms with Crippen LogP contribution in [-0.2, 0) is 15.4 Å². The molecule has 6 heteroatoms. The molecular formula is C15H19F3O2S. The van der Waals surface area contributed by atoms with Crippen molar-refractivity contribution in [3.63, 3.8) is 0 Å². The first-order chi connectivity index (χ1) is 9.69. The van der Waals surface area contributed by atoms with E-state index in [0.29, 0.717) is 5.92 Å². The molecule has 1 rings (SSSR count). The number of carbonyl (C=O) groups excluding carboxylic acids is 1. The monoisotopic (exact) mass is 320 g/mol. The first kappa shape index (κ1) is 17.9. The third-order valence-electron chi connectivity index (χ3n) is 2.84. The van der Waals surface area contributed by atoms with Gasteiger partial charge in [-0.05, 0) is 30.4 Å². The van der Waals surface area contributed by atoms with Crippen LogP contribution in [0.1, 0.15) is 37.8 Å². The molecule has 0 aliphatic rings. The summed E-state index contributed by atoms with van der Waals surface area (Å²) in [7, 11) is 0. The fourth-order valence-electron chi connectivity index (χ4n) is 1.78. The Morgan fingerprint density at radius 3 is 2.24 bits per heavy atom. The topological polar surface area (TPSA) is 26.3 Å². The third kappa shape index (κ3) is 6.89. The zero-order valence-electron chi connectivity index (χ0n) is 12.2. The lowest BCUT2D eigenvalue weighted by atomic mass is 9.97. The molecule has 2 nitrogen and oxygen atoms in total. The van der Waals surface area contributed by atoms with Gasteiger partial charge in [0.2, 0.25) is 0 Å². The van der Waals surface area contributed by atoms with E-state index in [1.165, 1.54) is 5.56 Å². The number of benzene rings is 1. The molecule has 1 unspecified atom stereocenters. The number of halogens is 3. The Balaban J connectivity index is 2.54. The van der Waals surface area contributed by atoms with Crippen LogP contribution in [0.4, 0.5) is 13.2 Å². The van der Waals surface area contributed by atoms with Crippen molar-refractivity contribution in [1.82, 2.24) is 0 Å². The summed E-state index contributed by atoms with van der Waals surface area (Å²) < 4.78 is 40.5. The van der Waals surface area contributed by atoms with Crippen molar-refractivity contribution in [3.05, 3.63) is 35.4 Å². The van der Waals surface area contributed by atoms with Gasteiger partial charge in [0.15, 0.2) is 0 Å². The maximum Gasteiger partial charge on any atom is 0.401 e. The van der Waals surface area contributed by atoms with Crippen LogP contribution in [-0.4, -0.2) is 17.9 Å². The molecule has 0 heterocycles. The Morgan fingerprint density at radius 2 is 1.76 bits per heavy atom. The average molecular weight is 320 g/mol. The van der Waals surface area contributed by atoms with Crippen LogP contribution >= 0.6 is 12.0 Å². The fraction of sp³-hybridized carbons (Fsp3) is 0.533. The largest absolute Gasteiger partial charge is 0.401 e. The van der Waals surface area contributed by atoms with Gasteiger partial charge in [0, 0.05) is 0 Å². The minimum absolute atomic E-state index is 0.128. The van der Waals surface area contributed by atoms with Crippen LogP contribution in [0.3, 0.4) is 0 Å². The zero-order valence-corrected chi connectivity index (χ0v) is 13.1. The second-order valence-electron chi connectivity index (χ2n) is 5.34. The summed E-state index contributed by atoms with van der Waals surface area (Å²) in [6, 6.07) is 7.50. The van der Waals surface area contributed by atoms with Crippen LogP contribution in [0.25, 0.3) is 0 Å². The average Bonchev–Trinajstić information content (AvgIpc) is 2.36. The van der Waals surface area contributed by atoms with Gasteiger partial charge >= 0.3 is 12.1 Å². The molecule has 0 spiro atoms. The lowest BCUT2D eigenvalue weighted by Gasteiger charge is -2.12. The van der Waals surface area contributed by atoms with E-state index in [1.807, 2.05) is 24.3 Å². The zero-order chi connectivity index (χ0) is 16.0. The molecule has 0 N–H and O–H groups in total. The van der Waals surface area contributed by atoms with E-state index < -0.39 is 23.8 Å². The molecule has 118 valence electrons. The van der Waals surface area contributed by atoms with Crippen LogP contribution in [0.5, 0.6) is 0 Å². The Morgan fingerprint density at radius 1 is 1.19 bits per heavy atom. The van der Waals surface area contributed by atoms with Gasteiger partial charge in [-0.25, -0.2) is 0 Å². The second kappa shape index (κ2) is 7.73. The minimum Gasteiger partial charge on any atom is -0.391 e. The van der Waals surface area contributed by atoms with Crippen LogP contribution in [0, 0.1) is 5.92 Å². The molecule has 0 fully saturated rings. The van der Waals surface area contributed by atoms with Crippen LogP contribution in [0.2, 0.25) is 0 Å². The standard InChI is InChI=1S/C15H19F3O2S/c1-10(2)8-12-4-6-13(7-5-12)11(3)14(19)20-21-9-15(16,17)18/h4-7,10-11H,8-9H2,1-3H3. The van der Waals surface area contributed by atoms with E-state index >= 15 is 0 Å². The summed E-state index contributed by atoms with van der Waals surface area (Å²) in [6.45, 7) is 5.85. The van der Waals surface area contributed by atoms with Crippen LogP contribution in [0.15, 0.2) is 24.3 Å². The highest BCUT2D eigenvalue weighted by molar-refractivity contribution is 7.95. The smallest absolute Gasteiger partial charge is 0.391 e. The lowest BCUT2D eigenvalue weighted by Crippen LogP contribution is -2.15. The Bertz CT molecular complexity index is 455. The third-order valence-corrected chi connectivity index (χ3v) is 3.57. The van der Waals surface area contributed by atoms with Gasteiger partial charge in [-0.1, -0.05) is 38.1 Å². The molecule has 1 aromatic rings. The predicted molar refractivity (Wildman–Crippen MR) is 78.0 cm³/mol. The van der Waals surface area contributed by atoms with Crippen molar-refractivity contribution in [1.29, 1.82) is 0 Å². The molecule has 0 saturated carbocycles. The number of hydrogen-bond acceptors (Lipinski definition) is 3. The van der Waals surface area contributed by atoms with Gasteiger partial charge in [0.1, 0.15) is 5.75 Å². The van der Waals surface area contributed by atoms with E-state index in [1.54, 1.807) is 6.92 Å². The first-order valence-electron chi connectivity index (χ1n) is 6.68. The molecule has 0 aliphatic heterocycles. The van der Waals surface area contributed by atoms with Crippen molar-refractivity contribution in [2.75, 3.05) is 5.75 Å². The first-order valence-corrected chi connectivity index (χ1v) is 7.59. The van der Waals surface area contributed by atoms with Gasteiger partial charge in [0.05, 0.1) is 18.0 Å². The van der Waals surface area contributed by atoms with E-state index in [9.17, 15) is 18.0 Å². The SMILES string of the molecule is CC(C)Cc1ccc(C(C)C(=O)OSCC(F)(F)F)cc1. The molecule has 0 amide bonds. The summed E-state index contributed by atoms with van der Waals surface area (Å²) >= 11 is 0.128. The normalized spacial score (nSPS) is 13.3. The number of alkyl halides is 3. The number of rotatable bonds is 6. The van der Waals surface area contributed by atoms with Crippen molar-refractivity contribution in [2.24, 2.45) is 5.92 Å². The molecule has 0 aliphatic carbocycles. The van der Waals surface area contributed by atoms with E-state index in [4.69, 9.17) is 0 Å². The van der Waals surface area contributed by atoms with E-state index in [-0.39, 0.29) is 12.0 Å². The maximum absolute atomic E-state index is 12.0. The number of carbonyl (C=O) groups is 1. The summed E-state index contributed by atoms with van der Waals surface area (Å²) in [5.41, 5.74) is 1.90. The summed E-state index contributed by atoms with van der Waals surface area (Å²) in [6.07, 6.45) is -3.40. The molecule has 21 heavy (non-hydrogen) atoms. The van der Waals surface area contributed by atoms with Crippen LogP contribution < -0.4 is 0 Å². The van der Waals surface area contributed by atoms with Crippen molar-refractivity contribution in [3.8, 4) is 0 Å². The van der Waals surface area contributed by atoms with Gasteiger partial charge in [-0.3, -0.25) is 4.79 Å². The van der Waals surface area contributed by atoms with Crippen molar-refractivity contribution in [2.45, 2.75) is 39.3 Å².